The van der Waals surface area contributed by atoms with Crippen LogP contribution >= 0.6 is 0 Å². The Labute approximate surface area is 146 Å². The molecule has 0 radical (unpaired) electrons. The lowest BCUT2D eigenvalue weighted by Crippen LogP contribution is -2.25. The fraction of sp³-hybridized carbons (Fsp3) is 0.0476. The molecule has 0 fully saturated rings. The highest BCUT2D eigenvalue weighted by Gasteiger charge is 2.02. The van der Waals surface area contributed by atoms with E-state index in [4.69, 9.17) is 0 Å². The summed E-state index contributed by atoms with van der Waals surface area (Å²) in [5.74, 6) is -0.197. The third kappa shape index (κ3) is 4.78. The average molecular weight is 329 g/mol. The van der Waals surface area contributed by atoms with Gasteiger partial charge in [-0.3, -0.25) is 4.79 Å². The predicted molar refractivity (Wildman–Crippen MR) is 105 cm³/mol. The number of benzene rings is 3. The van der Waals surface area contributed by atoms with Crippen molar-refractivity contribution in [1.82, 2.24) is 5.43 Å². The normalized spacial score (nSPS) is 11.2. The first kappa shape index (κ1) is 16.5. The van der Waals surface area contributed by atoms with Gasteiger partial charge in [0.1, 0.15) is 0 Å². The monoisotopic (exact) mass is 329 g/mol. The number of allylic oxidation sites excluding steroid dienone is 1. The molecule has 0 aromatic heterocycles. The van der Waals surface area contributed by atoms with Crippen molar-refractivity contribution in [3.05, 3.63) is 84.4 Å². The van der Waals surface area contributed by atoms with Gasteiger partial charge in [-0.25, -0.2) is 5.43 Å². The number of nitrogens with zero attached hydrogens (tertiary/aromatic N) is 1. The lowest BCUT2D eigenvalue weighted by Gasteiger charge is -2.08. The Morgan fingerprint density at radius 3 is 2.56 bits per heavy atom. The molecular weight excluding hydrogens is 310 g/mol. The fourth-order valence-electron chi connectivity index (χ4n) is 2.47. The number of carbonyl (C=O) groups excluding carboxylic acids is 1. The van der Waals surface area contributed by atoms with E-state index in [0.717, 1.165) is 22.0 Å². The van der Waals surface area contributed by atoms with Crippen molar-refractivity contribution in [3.8, 4) is 0 Å². The number of rotatable bonds is 6. The zero-order valence-corrected chi connectivity index (χ0v) is 13.7. The Bertz CT molecular complexity index is 896. The van der Waals surface area contributed by atoms with Gasteiger partial charge in [0.25, 0.3) is 5.91 Å². The number of hydrogen-bond acceptors (Lipinski definition) is 3. The van der Waals surface area contributed by atoms with E-state index in [1.165, 1.54) is 0 Å². The standard InChI is InChI=1S/C21H19N3O/c25-21(24-23-15-7-10-17-8-2-1-3-9-17)16-22-20-14-6-12-18-11-4-5-13-19(18)20/h1-15,22H,16H2,(H,24,25)/b10-7+,23-15-. The van der Waals surface area contributed by atoms with Crippen LogP contribution in [0.15, 0.2) is 84.0 Å². The summed E-state index contributed by atoms with van der Waals surface area (Å²) in [4.78, 5) is 11.9. The zero-order chi connectivity index (χ0) is 17.3. The van der Waals surface area contributed by atoms with Crippen molar-refractivity contribution in [2.24, 2.45) is 5.10 Å². The molecule has 3 aromatic carbocycles. The topological polar surface area (TPSA) is 53.5 Å². The van der Waals surface area contributed by atoms with E-state index in [0.29, 0.717) is 0 Å². The maximum absolute atomic E-state index is 11.9. The second-order valence-corrected chi connectivity index (χ2v) is 5.46. The van der Waals surface area contributed by atoms with Crippen molar-refractivity contribution in [1.29, 1.82) is 0 Å². The molecule has 0 aliphatic carbocycles. The zero-order valence-electron chi connectivity index (χ0n) is 13.7. The van der Waals surface area contributed by atoms with Gasteiger partial charge in [-0.15, -0.1) is 0 Å². The summed E-state index contributed by atoms with van der Waals surface area (Å²) in [7, 11) is 0. The van der Waals surface area contributed by atoms with E-state index in [9.17, 15) is 4.79 Å². The minimum absolute atomic E-state index is 0.160. The van der Waals surface area contributed by atoms with Gasteiger partial charge in [0.2, 0.25) is 0 Å². The van der Waals surface area contributed by atoms with Crippen LogP contribution in [-0.2, 0) is 4.79 Å². The minimum atomic E-state index is -0.197. The van der Waals surface area contributed by atoms with E-state index in [1.54, 1.807) is 12.3 Å². The maximum Gasteiger partial charge on any atom is 0.259 e. The first-order valence-electron chi connectivity index (χ1n) is 8.08. The molecule has 0 aliphatic heterocycles. The molecule has 0 heterocycles. The maximum atomic E-state index is 11.9. The molecule has 0 spiro atoms. The number of nitrogens with one attached hydrogen (secondary N) is 2. The van der Waals surface area contributed by atoms with Crippen LogP contribution in [0.5, 0.6) is 0 Å². The molecule has 0 aliphatic rings. The summed E-state index contributed by atoms with van der Waals surface area (Å²) in [6.07, 6.45) is 5.26. The third-order valence-electron chi connectivity index (χ3n) is 3.67. The van der Waals surface area contributed by atoms with Crippen LogP contribution in [-0.4, -0.2) is 18.7 Å². The van der Waals surface area contributed by atoms with Crippen LogP contribution in [0.4, 0.5) is 5.69 Å². The fourth-order valence-corrected chi connectivity index (χ4v) is 2.47. The number of hydrogen-bond donors (Lipinski definition) is 2. The molecule has 25 heavy (non-hydrogen) atoms. The molecule has 0 bridgehead atoms. The molecule has 3 rings (SSSR count). The summed E-state index contributed by atoms with van der Waals surface area (Å²) in [5, 5.41) is 9.29. The number of amides is 1. The highest BCUT2D eigenvalue weighted by molar-refractivity contribution is 5.95. The summed E-state index contributed by atoms with van der Waals surface area (Å²) in [6.45, 7) is 0.160. The second-order valence-electron chi connectivity index (χ2n) is 5.46. The smallest absolute Gasteiger partial charge is 0.259 e. The van der Waals surface area contributed by atoms with Gasteiger partial charge in [-0.2, -0.15) is 5.10 Å². The molecule has 124 valence electrons. The molecule has 0 unspecified atom stereocenters. The molecule has 4 nitrogen and oxygen atoms in total. The summed E-state index contributed by atoms with van der Waals surface area (Å²) in [6, 6.07) is 23.9. The highest BCUT2D eigenvalue weighted by atomic mass is 16.2. The summed E-state index contributed by atoms with van der Waals surface area (Å²) < 4.78 is 0. The summed E-state index contributed by atoms with van der Waals surface area (Å²) in [5.41, 5.74) is 4.52. The van der Waals surface area contributed by atoms with Crippen molar-refractivity contribution in [3.63, 3.8) is 0 Å². The highest BCUT2D eigenvalue weighted by Crippen LogP contribution is 2.22. The Hall–Kier alpha value is -3.40. The van der Waals surface area contributed by atoms with E-state index < -0.39 is 0 Å². The second kappa shape index (κ2) is 8.45. The van der Waals surface area contributed by atoms with E-state index in [-0.39, 0.29) is 12.5 Å². The number of fused-ring (bicyclic) bond motifs is 1. The minimum Gasteiger partial charge on any atom is -0.376 e. The number of anilines is 1. The van der Waals surface area contributed by atoms with Gasteiger partial charge in [0, 0.05) is 17.3 Å². The Morgan fingerprint density at radius 1 is 0.920 bits per heavy atom. The SMILES string of the molecule is O=C(CNc1cccc2ccccc12)N/N=C\C=C\c1ccccc1. The molecule has 0 atom stereocenters. The average Bonchev–Trinajstić information content (AvgIpc) is 2.67. The van der Waals surface area contributed by atoms with Crippen molar-refractivity contribution in [2.45, 2.75) is 0 Å². The van der Waals surface area contributed by atoms with Gasteiger partial charge in [-0.05, 0) is 23.1 Å². The Kier molecular flexibility index (Phi) is 5.56. The van der Waals surface area contributed by atoms with Crippen LogP contribution in [0.1, 0.15) is 5.56 Å². The van der Waals surface area contributed by atoms with Crippen LogP contribution in [0.25, 0.3) is 16.8 Å². The van der Waals surface area contributed by atoms with Gasteiger partial charge in [0.05, 0.1) is 6.54 Å². The van der Waals surface area contributed by atoms with Gasteiger partial charge < -0.3 is 5.32 Å². The van der Waals surface area contributed by atoms with Crippen molar-refractivity contribution < 1.29 is 4.79 Å². The molecule has 4 heteroatoms. The molecular formula is C21H19N3O. The van der Waals surface area contributed by atoms with E-state index >= 15 is 0 Å². The van der Waals surface area contributed by atoms with Crippen LogP contribution in [0.3, 0.4) is 0 Å². The van der Waals surface area contributed by atoms with E-state index in [1.807, 2.05) is 78.9 Å². The van der Waals surface area contributed by atoms with Crippen LogP contribution in [0.2, 0.25) is 0 Å². The van der Waals surface area contributed by atoms with Gasteiger partial charge >= 0.3 is 0 Å². The predicted octanol–water partition coefficient (Wildman–Crippen LogP) is 4.07. The quantitative estimate of drug-likeness (QED) is 0.529. The molecule has 2 N–H and O–H groups in total. The largest absolute Gasteiger partial charge is 0.376 e. The molecule has 0 saturated carbocycles. The number of carbonyl (C=O) groups is 1. The van der Waals surface area contributed by atoms with Crippen molar-refractivity contribution in [2.75, 3.05) is 11.9 Å². The molecule has 1 amide bonds. The van der Waals surface area contributed by atoms with Crippen molar-refractivity contribution >= 4 is 34.7 Å². The van der Waals surface area contributed by atoms with Crippen LogP contribution in [0, 0.1) is 0 Å². The lowest BCUT2D eigenvalue weighted by molar-refractivity contribution is -0.119. The molecule has 3 aromatic rings. The first-order valence-corrected chi connectivity index (χ1v) is 8.08. The van der Waals surface area contributed by atoms with Crippen LogP contribution < -0.4 is 10.7 Å². The van der Waals surface area contributed by atoms with E-state index in [2.05, 4.69) is 15.8 Å². The Balaban J connectivity index is 1.49. The van der Waals surface area contributed by atoms with Gasteiger partial charge in [-0.1, -0.05) is 72.8 Å². The van der Waals surface area contributed by atoms with Gasteiger partial charge in [0.15, 0.2) is 0 Å². The lowest BCUT2D eigenvalue weighted by atomic mass is 10.1. The first-order chi connectivity index (χ1) is 12.3. The number of hydrazone groups is 1. The summed E-state index contributed by atoms with van der Waals surface area (Å²) >= 11 is 0. The molecule has 0 saturated heterocycles. The Morgan fingerprint density at radius 2 is 1.68 bits per heavy atom. The third-order valence-corrected chi connectivity index (χ3v) is 3.67.